The minimum atomic E-state index is -0.286. The van der Waals surface area contributed by atoms with E-state index in [0.717, 1.165) is 22.4 Å². The van der Waals surface area contributed by atoms with Gasteiger partial charge in [0.1, 0.15) is 18.2 Å². The van der Waals surface area contributed by atoms with Crippen LogP contribution in [0.15, 0.2) is 84.5 Å². The van der Waals surface area contributed by atoms with E-state index in [9.17, 15) is 9.18 Å². The Balaban J connectivity index is 1.30. The minimum absolute atomic E-state index is 0.262. The van der Waals surface area contributed by atoms with Crippen LogP contribution in [0.2, 0.25) is 0 Å². The molecule has 0 saturated carbocycles. The number of carbonyl (C=O) groups excluding carboxylic acids is 1. The molecular weight excluding hydrogens is 413 g/mol. The summed E-state index contributed by atoms with van der Waals surface area (Å²) in [4.78, 5) is 20.6. The molecule has 2 heterocycles. The highest BCUT2D eigenvalue weighted by Crippen LogP contribution is 2.24. The van der Waals surface area contributed by atoms with Crippen molar-refractivity contribution in [2.45, 2.75) is 6.61 Å². The van der Waals surface area contributed by atoms with Crippen LogP contribution in [0.25, 0.3) is 17.3 Å². The van der Waals surface area contributed by atoms with Gasteiger partial charge in [-0.2, -0.15) is 0 Å². The fourth-order valence-electron chi connectivity index (χ4n) is 2.77. The lowest BCUT2D eigenvalue weighted by molar-refractivity contribution is -0.111. The van der Waals surface area contributed by atoms with Crippen LogP contribution in [-0.4, -0.2) is 15.9 Å². The van der Waals surface area contributed by atoms with Gasteiger partial charge in [-0.3, -0.25) is 15.1 Å². The number of anilines is 1. The standard InChI is InChI=1S/C24H18FN3O2S/c25-20-3-1-2-18(14-20)15-30-21-7-4-17(5-8-21)6-9-23(29)28-24-27-22(16-31-24)19-10-12-26-13-11-19/h1-14,16H,15H2,(H,27,28,29)/b9-6-. The van der Waals surface area contributed by atoms with Crippen molar-refractivity contribution in [1.29, 1.82) is 0 Å². The summed E-state index contributed by atoms with van der Waals surface area (Å²) in [7, 11) is 0. The summed E-state index contributed by atoms with van der Waals surface area (Å²) in [6.45, 7) is 0.282. The highest BCUT2D eigenvalue weighted by atomic mass is 32.1. The molecule has 154 valence electrons. The van der Waals surface area contributed by atoms with Crippen molar-refractivity contribution in [3.05, 3.63) is 101 Å². The largest absolute Gasteiger partial charge is 0.489 e. The molecular formula is C24H18FN3O2S. The molecule has 0 aliphatic rings. The number of amides is 1. The van der Waals surface area contributed by atoms with E-state index in [1.807, 2.05) is 29.6 Å². The number of carbonyl (C=O) groups is 1. The van der Waals surface area contributed by atoms with Crippen molar-refractivity contribution in [1.82, 2.24) is 9.97 Å². The van der Waals surface area contributed by atoms with Gasteiger partial charge >= 0.3 is 0 Å². The average molecular weight is 431 g/mol. The van der Waals surface area contributed by atoms with Crippen molar-refractivity contribution in [2.24, 2.45) is 0 Å². The fourth-order valence-corrected chi connectivity index (χ4v) is 3.50. The van der Waals surface area contributed by atoms with Crippen molar-refractivity contribution < 1.29 is 13.9 Å². The molecule has 2 aromatic carbocycles. The van der Waals surface area contributed by atoms with Gasteiger partial charge in [-0.15, -0.1) is 11.3 Å². The number of nitrogens with one attached hydrogen (secondary N) is 1. The van der Waals surface area contributed by atoms with Crippen LogP contribution in [0.5, 0.6) is 5.75 Å². The first-order chi connectivity index (χ1) is 15.2. The fraction of sp³-hybridized carbons (Fsp3) is 0.0417. The van der Waals surface area contributed by atoms with E-state index in [-0.39, 0.29) is 18.3 Å². The van der Waals surface area contributed by atoms with Gasteiger partial charge < -0.3 is 4.74 Å². The van der Waals surface area contributed by atoms with Gasteiger partial charge in [-0.05, 0) is 53.6 Å². The summed E-state index contributed by atoms with van der Waals surface area (Å²) >= 11 is 1.36. The lowest BCUT2D eigenvalue weighted by Gasteiger charge is -2.06. The predicted octanol–water partition coefficient (Wildman–Crippen LogP) is 5.58. The van der Waals surface area contributed by atoms with Crippen LogP contribution in [0.1, 0.15) is 11.1 Å². The second-order valence-corrected chi connectivity index (χ2v) is 7.44. The molecule has 2 aromatic heterocycles. The molecule has 0 aliphatic heterocycles. The molecule has 0 unspecified atom stereocenters. The first-order valence-corrected chi connectivity index (χ1v) is 10.4. The SMILES string of the molecule is O=C(/C=C\c1ccc(OCc2cccc(F)c2)cc1)Nc1nc(-c2ccncc2)cs1. The molecule has 0 spiro atoms. The van der Waals surface area contributed by atoms with E-state index in [0.29, 0.717) is 10.9 Å². The van der Waals surface area contributed by atoms with Crippen LogP contribution < -0.4 is 10.1 Å². The monoisotopic (exact) mass is 431 g/mol. The molecule has 0 fully saturated rings. The van der Waals surface area contributed by atoms with E-state index < -0.39 is 0 Å². The number of pyridine rings is 1. The lowest BCUT2D eigenvalue weighted by atomic mass is 10.2. The molecule has 0 atom stereocenters. The zero-order valence-corrected chi connectivity index (χ0v) is 17.2. The molecule has 0 aliphatic carbocycles. The number of aromatic nitrogens is 2. The van der Waals surface area contributed by atoms with E-state index in [2.05, 4.69) is 15.3 Å². The number of thiazole rings is 1. The predicted molar refractivity (Wildman–Crippen MR) is 120 cm³/mol. The summed E-state index contributed by atoms with van der Waals surface area (Å²) in [5, 5.41) is 5.18. The number of ether oxygens (including phenoxy) is 1. The maximum absolute atomic E-state index is 13.2. The molecule has 0 radical (unpaired) electrons. The molecule has 0 bridgehead atoms. The number of hydrogen-bond acceptors (Lipinski definition) is 5. The van der Waals surface area contributed by atoms with Gasteiger partial charge in [0.25, 0.3) is 0 Å². The van der Waals surface area contributed by atoms with Crippen LogP contribution in [-0.2, 0) is 11.4 Å². The molecule has 7 heteroatoms. The van der Waals surface area contributed by atoms with Crippen LogP contribution >= 0.6 is 11.3 Å². The van der Waals surface area contributed by atoms with Crippen LogP contribution in [0.3, 0.4) is 0 Å². The smallest absolute Gasteiger partial charge is 0.250 e. The van der Waals surface area contributed by atoms with Gasteiger partial charge in [0, 0.05) is 29.4 Å². The Morgan fingerprint density at radius 2 is 1.90 bits per heavy atom. The number of nitrogens with zero attached hydrogens (tertiary/aromatic N) is 2. The van der Waals surface area contributed by atoms with Gasteiger partial charge in [-0.25, -0.2) is 9.37 Å². The molecule has 4 aromatic rings. The normalized spacial score (nSPS) is 10.9. The maximum atomic E-state index is 13.2. The van der Waals surface area contributed by atoms with Crippen molar-refractivity contribution in [3.63, 3.8) is 0 Å². The van der Waals surface area contributed by atoms with Crippen molar-refractivity contribution >= 4 is 28.5 Å². The first kappa shape index (κ1) is 20.4. The molecule has 5 nitrogen and oxygen atoms in total. The number of halogens is 1. The second-order valence-electron chi connectivity index (χ2n) is 6.58. The highest BCUT2D eigenvalue weighted by molar-refractivity contribution is 7.14. The van der Waals surface area contributed by atoms with Gasteiger partial charge in [0.05, 0.1) is 5.69 Å². The summed E-state index contributed by atoms with van der Waals surface area (Å²) < 4.78 is 18.9. The zero-order chi connectivity index (χ0) is 21.5. The van der Waals surface area contributed by atoms with Gasteiger partial charge in [-0.1, -0.05) is 24.3 Å². The van der Waals surface area contributed by atoms with Crippen molar-refractivity contribution in [2.75, 3.05) is 5.32 Å². The van der Waals surface area contributed by atoms with Gasteiger partial charge in [0.15, 0.2) is 5.13 Å². The Labute approximate surface area is 182 Å². The van der Waals surface area contributed by atoms with E-state index in [1.54, 1.807) is 42.7 Å². The Morgan fingerprint density at radius 3 is 2.68 bits per heavy atom. The minimum Gasteiger partial charge on any atom is -0.489 e. The molecule has 0 saturated heterocycles. The summed E-state index contributed by atoms with van der Waals surface area (Å²) in [6, 6.07) is 17.3. The van der Waals surface area contributed by atoms with E-state index in [4.69, 9.17) is 4.74 Å². The molecule has 1 amide bonds. The summed E-state index contributed by atoms with van der Waals surface area (Å²) in [5.74, 6) is 0.116. The Kier molecular flexibility index (Phi) is 6.44. The Bertz CT molecular complexity index is 1190. The van der Waals surface area contributed by atoms with Crippen LogP contribution in [0, 0.1) is 5.82 Å². The molecule has 4 rings (SSSR count). The summed E-state index contributed by atoms with van der Waals surface area (Å²) in [6.07, 6.45) is 6.57. The molecule has 1 N–H and O–H groups in total. The van der Waals surface area contributed by atoms with Crippen molar-refractivity contribution in [3.8, 4) is 17.0 Å². The van der Waals surface area contributed by atoms with E-state index >= 15 is 0 Å². The van der Waals surface area contributed by atoms with Gasteiger partial charge in [0.2, 0.25) is 5.91 Å². The highest BCUT2D eigenvalue weighted by Gasteiger charge is 2.06. The quantitative estimate of drug-likeness (QED) is 0.388. The van der Waals surface area contributed by atoms with Crippen LogP contribution in [0.4, 0.5) is 9.52 Å². The third-order valence-electron chi connectivity index (χ3n) is 4.31. The lowest BCUT2D eigenvalue weighted by Crippen LogP contribution is -2.07. The zero-order valence-electron chi connectivity index (χ0n) is 16.4. The third kappa shape index (κ3) is 5.83. The molecule has 31 heavy (non-hydrogen) atoms. The number of benzene rings is 2. The summed E-state index contributed by atoms with van der Waals surface area (Å²) in [5.41, 5.74) is 3.35. The topological polar surface area (TPSA) is 64.1 Å². The first-order valence-electron chi connectivity index (χ1n) is 9.48. The number of hydrogen-bond donors (Lipinski definition) is 1. The van der Waals surface area contributed by atoms with E-state index in [1.165, 1.54) is 29.5 Å². The third-order valence-corrected chi connectivity index (χ3v) is 5.07. The maximum Gasteiger partial charge on any atom is 0.250 e. The Hall–Kier alpha value is -3.84. The average Bonchev–Trinajstić information content (AvgIpc) is 3.26. The number of rotatable bonds is 7. The second kappa shape index (κ2) is 9.77. The Morgan fingerprint density at radius 1 is 1.10 bits per heavy atom.